The molecule has 0 aliphatic heterocycles. The smallest absolute Gasteiger partial charge is 0.872 e. The van der Waals surface area contributed by atoms with Gasteiger partial charge in [0.05, 0.1) is 0 Å². The van der Waals surface area contributed by atoms with Gasteiger partial charge < -0.3 is 10.2 Å². The van der Waals surface area contributed by atoms with Crippen molar-refractivity contribution in [3.05, 3.63) is 156 Å². The third-order valence-corrected chi connectivity index (χ3v) is 4.76. The van der Waals surface area contributed by atoms with E-state index in [1.54, 1.807) is 97.1 Å². The van der Waals surface area contributed by atoms with Crippen LogP contribution in [-0.4, -0.2) is 11.6 Å². The first-order valence-corrected chi connectivity index (χ1v) is 10.6. The second kappa shape index (κ2) is 14.2. The van der Waals surface area contributed by atoms with Gasteiger partial charge in [0, 0.05) is 11.1 Å². The Morgan fingerprint density at radius 3 is 0.914 bits per heavy atom. The van der Waals surface area contributed by atoms with Gasteiger partial charge in [-0.25, -0.2) is 0 Å². The van der Waals surface area contributed by atoms with Crippen molar-refractivity contribution in [1.29, 1.82) is 0 Å². The van der Waals surface area contributed by atoms with Crippen molar-refractivity contribution in [1.82, 2.24) is 0 Å². The minimum Gasteiger partial charge on any atom is -0.872 e. The number of ketones is 2. The Morgan fingerprint density at radius 2 is 0.657 bits per heavy atom. The van der Waals surface area contributed by atoms with Crippen molar-refractivity contribution in [2.45, 2.75) is 0 Å². The number of carbonyl (C=O) groups excluding carboxylic acids is 2. The summed E-state index contributed by atoms with van der Waals surface area (Å²) >= 11 is 0. The number of allylic oxidation sites excluding steroid dienone is 2. The van der Waals surface area contributed by atoms with Gasteiger partial charge in [-0.05, 0) is 23.3 Å². The molecule has 4 aromatic carbocycles. The van der Waals surface area contributed by atoms with Crippen molar-refractivity contribution in [3.8, 4) is 0 Å². The first-order chi connectivity index (χ1) is 16.5. The van der Waals surface area contributed by atoms with E-state index in [1.165, 1.54) is 0 Å². The van der Waals surface area contributed by atoms with Gasteiger partial charge in [-0.3, -0.25) is 9.59 Å². The van der Waals surface area contributed by atoms with Gasteiger partial charge in [-0.1, -0.05) is 133 Å². The van der Waals surface area contributed by atoms with Gasteiger partial charge in [0.15, 0.2) is 11.6 Å². The summed E-state index contributed by atoms with van der Waals surface area (Å²) in [7, 11) is 0. The first kappa shape index (κ1) is 27.1. The maximum atomic E-state index is 11.8. The van der Waals surface area contributed by atoms with Crippen LogP contribution in [-0.2, 0) is 17.1 Å². The summed E-state index contributed by atoms with van der Waals surface area (Å²) in [5.74, 6) is -1.06. The Balaban J connectivity index is 0.000000240. The number of rotatable bonds is 6. The molecule has 0 fully saturated rings. The summed E-state index contributed by atoms with van der Waals surface area (Å²) in [5, 5.41) is 23.5. The molecule has 0 saturated heterocycles. The van der Waals surface area contributed by atoms with E-state index >= 15 is 0 Å². The van der Waals surface area contributed by atoms with Crippen LogP contribution in [0.25, 0.3) is 11.5 Å². The molecule has 0 saturated carbocycles. The van der Waals surface area contributed by atoms with Crippen LogP contribution in [0.1, 0.15) is 31.8 Å². The van der Waals surface area contributed by atoms with E-state index in [1.807, 2.05) is 24.3 Å². The third kappa shape index (κ3) is 8.59. The van der Waals surface area contributed by atoms with Gasteiger partial charge in [0.1, 0.15) is 0 Å². The van der Waals surface area contributed by atoms with Crippen LogP contribution in [0.15, 0.2) is 133 Å². The fourth-order valence-electron chi connectivity index (χ4n) is 2.98. The molecule has 4 rings (SSSR count). The van der Waals surface area contributed by atoms with Gasteiger partial charge in [-0.15, -0.1) is 0 Å². The maximum absolute atomic E-state index is 11.8. The quantitative estimate of drug-likeness (QED) is 0.165. The second-order valence-corrected chi connectivity index (χ2v) is 7.21. The number of carbonyl (C=O) groups is 2. The van der Waals surface area contributed by atoms with Gasteiger partial charge in [0.2, 0.25) is 0 Å². The van der Waals surface area contributed by atoms with Crippen LogP contribution in [0.4, 0.5) is 0 Å². The number of hydrogen-bond acceptors (Lipinski definition) is 4. The molecule has 0 bridgehead atoms. The summed E-state index contributed by atoms with van der Waals surface area (Å²) in [5.41, 5.74) is 2.10. The number of hydrogen-bond donors (Lipinski definition) is 0. The zero-order valence-electron chi connectivity index (χ0n) is 18.6. The molecule has 0 heterocycles. The van der Waals surface area contributed by atoms with Crippen molar-refractivity contribution in [2.75, 3.05) is 0 Å². The molecular weight excluding hydrogens is 488 g/mol. The van der Waals surface area contributed by atoms with Crippen LogP contribution in [0.5, 0.6) is 0 Å². The average molecular weight is 510 g/mol. The van der Waals surface area contributed by atoms with Crippen molar-refractivity contribution < 1.29 is 36.9 Å². The molecule has 177 valence electrons. The molecule has 0 amide bonds. The minimum absolute atomic E-state index is 0. The SMILES string of the molecule is O=C(/C=C(\[O-])c1ccccc1)c1ccccc1.O=C(/C=C(\[O-])c1ccccc1)c1ccccc1.[Cu+2]. The fraction of sp³-hybridized carbons (Fsp3) is 0. The Kier molecular flexibility index (Phi) is 11.0. The van der Waals surface area contributed by atoms with E-state index < -0.39 is 0 Å². The maximum Gasteiger partial charge on any atom is 2.00 e. The summed E-state index contributed by atoms with van der Waals surface area (Å²) in [6, 6.07) is 35.0. The molecule has 1 radical (unpaired) electrons. The molecule has 5 heteroatoms. The molecule has 0 aliphatic rings. The summed E-state index contributed by atoms with van der Waals surface area (Å²) in [6.07, 6.45) is 2.26. The van der Waals surface area contributed by atoms with E-state index in [2.05, 4.69) is 0 Å². The van der Waals surface area contributed by atoms with Crippen molar-refractivity contribution in [2.24, 2.45) is 0 Å². The van der Waals surface area contributed by atoms with Crippen LogP contribution in [0, 0.1) is 0 Å². The first-order valence-electron chi connectivity index (χ1n) is 10.6. The number of benzene rings is 4. The second-order valence-electron chi connectivity index (χ2n) is 7.21. The largest absolute Gasteiger partial charge is 2.00 e. The van der Waals surface area contributed by atoms with Gasteiger partial charge in [0.25, 0.3) is 0 Å². The zero-order valence-corrected chi connectivity index (χ0v) is 19.6. The van der Waals surface area contributed by atoms with E-state index in [9.17, 15) is 19.8 Å². The third-order valence-electron chi connectivity index (χ3n) is 4.76. The molecule has 0 aliphatic carbocycles. The molecule has 0 spiro atoms. The van der Waals surface area contributed by atoms with Crippen LogP contribution in [0.3, 0.4) is 0 Å². The fourth-order valence-corrected chi connectivity index (χ4v) is 2.98. The molecule has 4 aromatic rings. The predicted molar refractivity (Wildman–Crippen MR) is 130 cm³/mol. The molecule has 35 heavy (non-hydrogen) atoms. The van der Waals surface area contributed by atoms with E-state index in [-0.39, 0.29) is 40.2 Å². The molecular formula is C30H22CuO4. The van der Waals surface area contributed by atoms with Crippen molar-refractivity contribution in [3.63, 3.8) is 0 Å². The van der Waals surface area contributed by atoms with Crippen LogP contribution < -0.4 is 10.2 Å². The predicted octanol–water partition coefficient (Wildman–Crippen LogP) is 4.54. The van der Waals surface area contributed by atoms with E-state index in [0.29, 0.717) is 22.3 Å². The summed E-state index contributed by atoms with van der Waals surface area (Å²) < 4.78 is 0. The molecule has 0 N–H and O–H groups in total. The van der Waals surface area contributed by atoms with Crippen LogP contribution >= 0.6 is 0 Å². The zero-order chi connectivity index (χ0) is 24.2. The molecule has 0 aromatic heterocycles. The summed E-state index contributed by atoms with van der Waals surface area (Å²) in [4.78, 5) is 23.5. The van der Waals surface area contributed by atoms with Crippen LogP contribution in [0.2, 0.25) is 0 Å². The van der Waals surface area contributed by atoms with Gasteiger partial charge >= 0.3 is 17.1 Å². The standard InChI is InChI=1S/2C15H12O2.Cu/c2*16-14(12-7-3-1-4-8-12)11-15(17)13-9-5-2-6-10-13;/h2*1-11,16H;/q;;+2/p-2/b2*14-11-;. The summed E-state index contributed by atoms with van der Waals surface area (Å²) in [6.45, 7) is 0. The minimum atomic E-state index is -0.264. The monoisotopic (exact) mass is 509 g/mol. The molecule has 0 unspecified atom stereocenters. The van der Waals surface area contributed by atoms with E-state index in [0.717, 1.165) is 12.2 Å². The van der Waals surface area contributed by atoms with Gasteiger partial charge in [-0.2, -0.15) is 0 Å². The molecule has 0 atom stereocenters. The Hall–Kier alpha value is -4.18. The topological polar surface area (TPSA) is 80.3 Å². The Morgan fingerprint density at radius 1 is 0.429 bits per heavy atom. The Bertz CT molecular complexity index is 1160. The average Bonchev–Trinajstić information content (AvgIpc) is 2.91. The van der Waals surface area contributed by atoms with E-state index in [4.69, 9.17) is 0 Å². The Labute approximate surface area is 215 Å². The molecule has 4 nitrogen and oxygen atoms in total. The normalized spacial score (nSPS) is 10.9. The van der Waals surface area contributed by atoms with Crippen molar-refractivity contribution >= 4 is 23.1 Å².